The average Bonchev–Trinajstić information content (AvgIpc) is 3.18. The first-order chi connectivity index (χ1) is 27.6. The molecule has 57 heavy (non-hydrogen) atoms. The van der Waals surface area contributed by atoms with E-state index < -0.39 is 42.3 Å². The summed E-state index contributed by atoms with van der Waals surface area (Å²) in [6.45, 7) is 15.3. The largest absolute Gasteiger partial charge is 0.379 e. The number of carbonyl (C=O) groups excluding carboxylic acids is 4. The van der Waals surface area contributed by atoms with Crippen molar-refractivity contribution in [2.75, 3.05) is 137 Å². The van der Waals surface area contributed by atoms with Crippen LogP contribution in [0.3, 0.4) is 0 Å². The van der Waals surface area contributed by atoms with Crippen molar-refractivity contribution >= 4 is 29.3 Å². The van der Waals surface area contributed by atoms with Gasteiger partial charge in [0.25, 0.3) is 0 Å². The van der Waals surface area contributed by atoms with Crippen LogP contribution in [0.25, 0.3) is 10.4 Å². The van der Waals surface area contributed by atoms with E-state index in [9.17, 15) is 19.2 Å². The lowest BCUT2D eigenvalue weighted by molar-refractivity contribution is -0.135. The maximum atomic E-state index is 12.8. The van der Waals surface area contributed by atoms with Crippen LogP contribution in [-0.4, -0.2) is 168 Å². The summed E-state index contributed by atoms with van der Waals surface area (Å²) in [5.74, 6) is -2.23. The summed E-state index contributed by atoms with van der Waals surface area (Å²) < 4.78 is 48.4. The highest BCUT2D eigenvalue weighted by molar-refractivity contribution is 5.98. The van der Waals surface area contributed by atoms with Gasteiger partial charge in [0.05, 0.1) is 106 Å². The molecular formula is C37H62N7O13. The lowest BCUT2D eigenvalue weighted by atomic mass is 10.0. The fourth-order valence-corrected chi connectivity index (χ4v) is 4.30. The predicted octanol–water partition coefficient (Wildman–Crippen LogP) is 1.03. The van der Waals surface area contributed by atoms with Crippen molar-refractivity contribution in [2.24, 2.45) is 11.0 Å². The summed E-state index contributed by atoms with van der Waals surface area (Å²) in [6, 6.07) is 5.14. The van der Waals surface area contributed by atoms with Gasteiger partial charge in [-0.2, -0.15) is 0 Å². The van der Waals surface area contributed by atoms with Crippen LogP contribution in [-0.2, 0) is 61.8 Å². The number of azide groups is 1. The Morgan fingerprint density at radius 2 is 1.05 bits per heavy atom. The molecule has 0 aliphatic rings. The van der Waals surface area contributed by atoms with Crippen molar-refractivity contribution in [1.82, 2.24) is 16.0 Å². The molecule has 20 nitrogen and oxygen atoms in total. The molecule has 4 amide bonds. The highest BCUT2D eigenvalue weighted by atomic mass is 16.6. The summed E-state index contributed by atoms with van der Waals surface area (Å²) in [7, 11) is 0. The summed E-state index contributed by atoms with van der Waals surface area (Å²) in [5.41, 5.74) is 9.52. The van der Waals surface area contributed by atoms with Crippen LogP contribution in [0.5, 0.6) is 0 Å². The molecule has 4 N–H and O–H groups in total. The van der Waals surface area contributed by atoms with Gasteiger partial charge in [-0.3, -0.25) is 19.2 Å². The third kappa shape index (κ3) is 29.9. The molecule has 0 unspecified atom stereocenters. The summed E-state index contributed by atoms with van der Waals surface area (Å²) in [5, 5.41) is 13.9. The van der Waals surface area contributed by atoms with Crippen molar-refractivity contribution in [3.8, 4) is 0 Å². The van der Waals surface area contributed by atoms with Crippen LogP contribution in [0, 0.1) is 12.8 Å². The molecule has 1 radical (unpaired) electrons. The van der Waals surface area contributed by atoms with E-state index in [4.69, 9.17) is 48.2 Å². The third-order valence-corrected chi connectivity index (χ3v) is 7.28. The van der Waals surface area contributed by atoms with E-state index in [1.165, 1.54) is 0 Å². The summed E-state index contributed by atoms with van der Waals surface area (Å²) >= 11 is 0. The van der Waals surface area contributed by atoms with Gasteiger partial charge in [-0.15, -0.1) is 0 Å². The molecule has 0 aliphatic carbocycles. The number of nitrogens with one attached hydrogen (secondary N) is 4. The molecule has 1 aromatic rings. The Morgan fingerprint density at radius 1 is 0.614 bits per heavy atom. The zero-order valence-electron chi connectivity index (χ0n) is 33.5. The second kappa shape index (κ2) is 35.2. The highest BCUT2D eigenvalue weighted by Gasteiger charge is 2.27. The van der Waals surface area contributed by atoms with E-state index in [2.05, 4.69) is 38.2 Å². The van der Waals surface area contributed by atoms with Crippen molar-refractivity contribution in [2.45, 2.75) is 32.9 Å². The number of amides is 4. The predicted molar refractivity (Wildman–Crippen MR) is 208 cm³/mol. The van der Waals surface area contributed by atoms with Crippen molar-refractivity contribution < 1.29 is 61.8 Å². The Bertz CT molecular complexity index is 1270. The van der Waals surface area contributed by atoms with Crippen molar-refractivity contribution in [3.63, 3.8) is 0 Å². The number of carbonyl (C=O) groups is 4. The molecule has 0 aliphatic heterocycles. The Balaban J connectivity index is 1.91. The Morgan fingerprint density at radius 3 is 1.51 bits per heavy atom. The number of benzene rings is 1. The number of hydrogen-bond acceptors (Lipinski definition) is 14. The molecule has 0 heterocycles. The first-order valence-electron chi connectivity index (χ1n) is 18.9. The number of anilines is 1. The molecule has 1 rings (SSSR count). The van der Waals surface area contributed by atoms with Crippen LogP contribution in [0.1, 0.15) is 26.3 Å². The minimum Gasteiger partial charge on any atom is -0.379 e. The fraction of sp³-hybridized carbons (Fsp3) is 0.703. The fourth-order valence-electron chi connectivity index (χ4n) is 4.30. The molecular weight excluding hydrogens is 750 g/mol. The van der Waals surface area contributed by atoms with Crippen LogP contribution >= 0.6 is 0 Å². The topological polar surface area (TPSA) is 248 Å². The maximum absolute atomic E-state index is 12.8. The zero-order valence-corrected chi connectivity index (χ0v) is 33.5. The third-order valence-electron chi connectivity index (χ3n) is 7.28. The molecule has 1 aromatic carbocycles. The minimum atomic E-state index is -0.917. The van der Waals surface area contributed by atoms with Crippen LogP contribution in [0.2, 0.25) is 0 Å². The van der Waals surface area contributed by atoms with Crippen molar-refractivity contribution in [1.29, 1.82) is 0 Å². The molecule has 0 saturated carbocycles. The summed E-state index contributed by atoms with van der Waals surface area (Å²) in [6.07, 6.45) is 0. The maximum Gasteiger partial charge on any atom is 0.246 e. The first-order valence-corrected chi connectivity index (χ1v) is 18.9. The lowest BCUT2D eigenvalue weighted by Gasteiger charge is -2.23. The SMILES string of the molecule is [CH2]c1ccc(NC(=O)[C@H](C)NC(=O)[C@@H](NC(=O)COCC(=O)NCCOCCOCCOCCOCCOCCOCCOCCOCCN=[N+]=[N-])C(C)C)cc1. The van der Waals surface area contributed by atoms with Gasteiger partial charge in [-0.05, 0) is 43.0 Å². The molecule has 0 saturated heterocycles. The van der Waals surface area contributed by atoms with Gasteiger partial charge in [0, 0.05) is 23.7 Å². The molecule has 323 valence electrons. The molecule has 0 bridgehead atoms. The number of ether oxygens (including phenoxy) is 9. The molecule has 0 aromatic heterocycles. The van der Waals surface area contributed by atoms with Gasteiger partial charge in [0.2, 0.25) is 23.6 Å². The highest BCUT2D eigenvalue weighted by Crippen LogP contribution is 2.09. The van der Waals surface area contributed by atoms with E-state index in [0.29, 0.717) is 111 Å². The lowest BCUT2D eigenvalue weighted by Crippen LogP contribution is -2.54. The van der Waals surface area contributed by atoms with E-state index in [1.54, 1.807) is 45.0 Å². The standard InChI is InChI=1S/C37H62N7O13/c1-29(2)35(37(48)41-31(4)36(47)42-32-7-5-30(3)6-8-32)43-34(46)28-57-27-33(45)39-9-11-49-13-15-51-17-19-53-21-23-55-25-26-56-24-22-54-20-18-52-16-14-50-12-10-40-44-38/h5-8,29,31,35H,3,9-28H2,1-2,4H3,(H,39,45)(H,41,48)(H,42,47)(H,43,46)/t31-,35-/m0/s1. The first kappa shape index (κ1) is 51.1. The van der Waals surface area contributed by atoms with Crippen LogP contribution in [0.4, 0.5) is 5.69 Å². The van der Waals surface area contributed by atoms with Gasteiger partial charge in [0.15, 0.2) is 0 Å². The van der Waals surface area contributed by atoms with Gasteiger partial charge < -0.3 is 63.9 Å². The number of nitrogens with zero attached hydrogens (tertiary/aromatic N) is 3. The monoisotopic (exact) mass is 812 g/mol. The second-order valence-electron chi connectivity index (χ2n) is 12.4. The quantitative estimate of drug-likeness (QED) is 0.0318. The normalized spacial score (nSPS) is 12.1. The second-order valence-corrected chi connectivity index (χ2v) is 12.4. The van der Waals surface area contributed by atoms with Gasteiger partial charge >= 0.3 is 0 Å². The van der Waals surface area contributed by atoms with E-state index in [1.807, 2.05) is 0 Å². The van der Waals surface area contributed by atoms with Crippen molar-refractivity contribution in [3.05, 3.63) is 47.2 Å². The molecule has 2 atom stereocenters. The van der Waals surface area contributed by atoms with Gasteiger partial charge in [-0.25, -0.2) is 0 Å². The Labute approximate surface area is 335 Å². The van der Waals surface area contributed by atoms with Crippen LogP contribution in [0.15, 0.2) is 29.4 Å². The summed E-state index contributed by atoms with van der Waals surface area (Å²) in [4.78, 5) is 52.5. The van der Waals surface area contributed by atoms with E-state index in [-0.39, 0.29) is 25.7 Å². The zero-order chi connectivity index (χ0) is 41.8. The number of hydrogen-bond donors (Lipinski definition) is 4. The average molecular weight is 813 g/mol. The van der Waals surface area contributed by atoms with Gasteiger partial charge in [-0.1, -0.05) is 31.1 Å². The molecule has 0 spiro atoms. The van der Waals surface area contributed by atoms with Gasteiger partial charge in [0.1, 0.15) is 25.3 Å². The van der Waals surface area contributed by atoms with E-state index >= 15 is 0 Å². The molecule has 20 heteroatoms. The number of rotatable bonds is 37. The smallest absolute Gasteiger partial charge is 0.246 e. The van der Waals surface area contributed by atoms with Crippen LogP contribution < -0.4 is 21.3 Å². The van der Waals surface area contributed by atoms with E-state index in [0.717, 1.165) is 5.56 Å². The Hall–Kier alpha value is -3.95. The molecule has 0 fully saturated rings. The minimum absolute atomic E-state index is 0.245. The Kier molecular flexibility index (Phi) is 31.6.